The number of benzene rings is 3. The highest BCUT2D eigenvalue weighted by Gasteiger charge is 2.50. The Hall–Kier alpha value is -2.23. The topological polar surface area (TPSA) is 70.0 Å². The molecule has 1 aliphatic heterocycles. The second kappa shape index (κ2) is 14.4. The molecule has 39 heavy (non-hydrogen) atoms. The Kier molecular flexibility index (Phi) is 11.0. The molecule has 0 unspecified atom stereocenters. The van der Waals surface area contributed by atoms with E-state index in [4.69, 9.17) is 63.9 Å². The zero-order valence-corrected chi connectivity index (χ0v) is 23.2. The standard InChI is InChI=1S/C29H29Cl3FNO5/c30-29(31,32)28(34)39-27-24(33)26(37-18-22-14-8-3-9-15-22)25(36-17-21-12-6-2-7-13-21)23(38-27)19-35-16-20-10-4-1-5-11-20/h1-15,23-27,34H,16-19H2/t23-,24-,25-,26-,27-/m1/s1. The normalized spacial score (nSPS) is 23.3. The molecule has 10 heteroatoms. The molecule has 0 saturated carbocycles. The number of nitrogens with one attached hydrogen (secondary N) is 1. The molecule has 1 aliphatic rings. The van der Waals surface area contributed by atoms with Gasteiger partial charge in [-0.05, 0) is 16.7 Å². The summed E-state index contributed by atoms with van der Waals surface area (Å²) in [5.74, 6) is -0.769. The van der Waals surface area contributed by atoms with Gasteiger partial charge in [0.1, 0.15) is 18.3 Å². The summed E-state index contributed by atoms with van der Waals surface area (Å²) in [5.41, 5.74) is 2.71. The fourth-order valence-electron chi connectivity index (χ4n) is 4.07. The fourth-order valence-corrected chi connectivity index (χ4v) is 4.21. The first-order valence-electron chi connectivity index (χ1n) is 12.4. The van der Waals surface area contributed by atoms with Crippen LogP contribution in [-0.2, 0) is 43.5 Å². The quantitative estimate of drug-likeness (QED) is 0.150. The Morgan fingerprint density at radius 3 is 1.69 bits per heavy atom. The molecule has 1 heterocycles. The molecule has 3 aromatic carbocycles. The van der Waals surface area contributed by atoms with Crippen molar-refractivity contribution in [2.24, 2.45) is 0 Å². The van der Waals surface area contributed by atoms with Gasteiger partial charge in [-0.25, -0.2) is 4.39 Å². The minimum absolute atomic E-state index is 0.0349. The maximum atomic E-state index is 16.0. The Morgan fingerprint density at radius 1 is 0.744 bits per heavy atom. The van der Waals surface area contributed by atoms with E-state index in [0.29, 0.717) is 6.61 Å². The molecular formula is C29H29Cl3FNO5. The predicted octanol–water partition coefficient (Wildman–Crippen LogP) is 6.80. The second-order valence-electron chi connectivity index (χ2n) is 8.96. The van der Waals surface area contributed by atoms with Crippen LogP contribution in [0.2, 0.25) is 0 Å². The lowest BCUT2D eigenvalue weighted by molar-refractivity contribution is -0.289. The molecule has 6 nitrogen and oxygen atoms in total. The van der Waals surface area contributed by atoms with Crippen LogP contribution in [-0.4, -0.2) is 47.1 Å². The average Bonchev–Trinajstić information content (AvgIpc) is 2.94. The highest BCUT2D eigenvalue weighted by Crippen LogP contribution is 2.34. The van der Waals surface area contributed by atoms with Crippen LogP contribution in [0.5, 0.6) is 0 Å². The molecular weight excluding hydrogens is 568 g/mol. The van der Waals surface area contributed by atoms with Crippen molar-refractivity contribution in [3.63, 3.8) is 0 Å². The van der Waals surface area contributed by atoms with Gasteiger partial charge in [0.2, 0.25) is 12.2 Å². The number of alkyl halides is 4. The van der Waals surface area contributed by atoms with Gasteiger partial charge in [-0.3, -0.25) is 5.41 Å². The van der Waals surface area contributed by atoms with Crippen LogP contribution in [0, 0.1) is 5.41 Å². The maximum Gasteiger partial charge on any atom is 0.265 e. The molecule has 0 aromatic heterocycles. The van der Waals surface area contributed by atoms with Crippen LogP contribution >= 0.6 is 34.8 Å². The minimum Gasteiger partial charge on any atom is -0.445 e. The van der Waals surface area contributed by atoms with Gasteiger partial charge in [0.25, 0.3) is 3.79 Å². The van der Waals surface area contributed by atoms with Gasteiger partial charge in [-0.2, -0.15) is 0 Å². The van der Waals surface area contributed by atoms with Gasteiger partial charge in [0.15, 0.2) is 6.17 Å². The molecule has 0 amide bonds. The van der Waals surface area contributed by atoms with Gasteiger partial charge in [-0.1, -0.05) is 126 Å². The van der Waals surface area contributed by atoms with Crippen LogP contribution in [0.4, 0.5) is 4.39 Å². The van der Waals surface area contributed by atoms with Crippen LogP contribution in [0.1, 0.15) is 16.7 Å². The Labute approximate surface area is 242 Å². The van der Waals surface area contributed by atoms with E-state index in [1.54, 1.807) is 0 Å². The van der Waals surface area contributed by atoms with Crippen molar-refractivity contribution in [1.29, 1.82) is 5.41 Å². The third-order valence-corrected chi connectivity index (χ3v) is 6.54. The van der Waals surface area contributed by atoms with E-state index < -0.39 is 40.5 Å². The first-order valence-corrected chi connectivity index (χ1v) is 13.5. The van der Waals surface area contributed by atoms with Gasteiger partial charge in [-0.15, -0.1) is 0 Å². The largest absolute Gasteiger partial charge is 0.445 e. The van der Waals surface area contributed by atoms with Crippen LogP contribution < -0.4 is 0 Å². The highest BCUT2D eigenvalue weighted by molar-refractivity contribution is 6.76. The van der Waals surface area contributed by atoms with Crippen LogP contribution in [0.25, 0.3) is 0 Å². The van der Waals surface area contributed by atoms with Crippen molar-refractivity contribution in [1.82, 2.24) is 0 Å². The first-order chi connectivity index (χ1) is 18.8. The van der Waals surface area contributed by atoms with Crippen molar-refractivity contribution in [2.45, 2.75) is 54.4 Å². The molecule has 5 atom stereocenters. The predicted molar refractivity (Wildman–Crippen MR) is 149 cm³/mol. The summed E-state index contributed by atoms with van der Waals surface area (Å²) >= 11 is 17.4. The van der Waals surface area contributed by atoms with Crippen molar-refractivity contribution in [3.8, 4) is 0 Å². The Bertz CT molecular complexity index is 1150. The lowest BCUT2D eigenvalue weighted by atomic mass is 9.99. The van der Waals surface area contributed by atoms with E-state index in [2.05, 4.69) is 0 Å². The zero-order valence-electron chi connectivity index (χ0n) is 20.9. The number of hydrogen-bond donors (Lipinski definition) is 1. The molecule has 1 N–H and O–H groups in total. The summed E-state index contributed by atoms with van der Waals surface area (Å²) in [6.07, 6.45) is -6.29. The first kappa shape index (κ1) is 29.7. The van der Waals surface area contributed by atoms with E-state index in [9.17, 15) is 0 Å². The summed E-state index contributed by atoms with van der Waals surface area (Å²) in [6.45, 7) is 0.643. The van der Waals surface area contributed by atoms with Crippen molar-refractivity contribution >= 4 is 40.7 Å². The molecule has 1 saturated heterocycles. The summed E-state index contributed by atoms with van der Waals surface area (Å²) in [7, 11) is 0. The highest BCUT2D eigenvalue weighted by atomic mass is 35.6. The number of halogens is 4. The SMILES string of the molecule is N=C(O[C@H]1O[C@H](COCc2ccccc2)[C@@H](OCc2ccccc2)[C@H](OCc2ccccc2)[C@H]1F)C(Cl)(Cl)Cl. The molecule has 0 bridgehead atoms. The summed E-state index contributed by atoms with van der Waals surface area (Å²) in [4.78, 5) is 0. The van der Waals surface area contributed by atoms with Crippen molar-refractivity contribution in [2.75, 3.05) is 6.61 Å². The van der Waals surface area contributed by atoms with Gasteiger partial charge in [0.05, 0.1) is 26.4 Å². The molecule has 0 spiro atoms. The van der Waals surface area contributed by atoms with Gasteiger partial charge >= 0.3 is 0 Å². The fraction of sp³-hybridized carbons (Fsp3) is 0.345. The summed E-state index contributed by atoms with van der Waals surface area (Å²) in [5, 5.41) is 7.96. The molecule has 0 aliphatic carbocycles. The van der Waals surface area contributed by atoms with E-state index in [0.717, 1.165) is 16.7 Å². The minimum atomic E-state index is -2.19. The van der Waals surface area contributed by atoms with E-state index in [-0.39, 0.29) is 19.8 Å². The Balaban J connectivity index is 1.56. The average molecular weight is 597 g/mol. The third-order valence-electron chi connectivity index (χ3n) is 6.03. The van der Waals surface area contributed by atoms with Crippen molar-refractivity contribution in [3.05, 3.63) is 108 Å². The van der Waals surface area contributed by atoms with Gasteiger partial charge in [0, 0.05) is 0 Å². The van der Waals surface area contributed by atoms with Crippen LogP contribution in [0.15, 0.2) is 91.0 Å². The monoisotopic (exact) mass is 595 g/mol. The lowest BCUT2D eigenvalue weighted by Gasteiger charge is -2.43. The zero-order chi connectivity index (χ0) is 27.7. The van der Waals surface area contributed by atoms with E-state index in [1.807, 2.05) is 91.0 Å². The number of hydrogen-bond acceptors (Lipinski definition) is 6. The summed E-state index contributed by atoms with van der Waals surface area (Å²) in [6, 6.07) is 28.5. The molecule has 208 valence electrons. The third kappa shape index (κ3) is 8.88. The van der Waals surface area contributed by atoms with Crippen LogP contribution in [0.3, 0.4) is 0 Å². The smallest absolute Gasteiger partial charge is 0.265 e. The molecule has 3 aromatic rings. The number of ether oxygens (including phenoxy) is 5. The van der Waals surface area contributed by atoms with E-state index >= 15 is 4.39 Å². The second-order valence-corrected chi connectivity index (χ2v) is 11.2. The van der Waals surface area contributed by atoms with Crippen molar-refractivity contribution < 1.29 is 28.1 Å². The summed E-state index contributed by atoms with van der Waals surface area (Å²) < 4.78 is 43.3. The van der Waals surface area contributed by atoms with Gasteiger partial charge < -0.3 is 23.7 Å². The molecule has 4 rings (SSSR count). The number of rotatable bonds is 11. The Morgan fingerprint density at radius 2 is 1.21 bits per heavy atom. The maximum absolute atomic E-state index is 16.0. The van der Waals surface area contributed by atoms with E-state index in [1.165, 1.54) is 0 Å². The molecule has 0 radical (unpaired) electrons. The lowest BCUT2D eigenvalue weighted by Crippen LogP contribution is -2.60. The molecule has 1 fully saturated rings.